The van der Waals surface area contributed by atoms with Crippen molar-refractivity contribution < 1.29 is 20.1 Å². The van der Waals surface area contributed by atoms with E-state index in [2.05, 4.69) is 0 Å². The molecule has 0 saturated carbocycles. The molecular formula is C13H16O4. The van der Waals surface area contributed by atoms with Crippen molar-refractivity contribution in [2.45, 2.75) is 24.7 Å². The Bertz CT molecular complexity index is 388. The zero-order valence-corrected chi connectivity index (χ0v) is 9.36. The van der Waals surface area contributed by atoms with Gasteiger partial charge in [0.25, 0.3) is 0 Å². The van der Waals surface area contributed by atoms with Crippen LogP contribution in [0.5, 0.6) is 0 Å². The van der Waals surface area contributed by atoms with Crippen molar-refractivity contribution in [1.82, 2.24) is 0 Å². The average molecular weight is 236 g/mol. The minimum absolute atomic E-state index is 0.315. The molecule has 0 radical (unpaired) electrons. The first-order chi connectivity index (χ1) is 8.20. The molecular weight excluding hydrogens is 220 g/mol. The van der Waals surface area contributed by atoms with Gasteiger partial charge in [-0.25, -0.2) is 0 Å². The van der Waals surface area contributed by atoms with Crippen molar-refractivity contribution in [1.29, 1.82) is 0 Å². The molecule has 0 bridgehead atoms. The molecule has 3 atom stereocenters. The molecule has 4 nitrogen and oxygen atoms in total. The molecule has 0 saturated heterocycles. The molecule has 92 valence electrons. The summed E-state index contributed by atoms with van der Waals surface area (Å²) in [5, 5.41) is 28.2. The topological polar surface area (TPSA) is 69.9 Å². The van der Waals surface area contributed by atoms with Crippen molar-refractivity contribution in [3.63, 3.8) is 0 Å². The van der Waals surface area contributed by atoms with Gasteiger partial charge in [0.15, 0.2) is 0 Å². The van der Waals surface area contributed by atoms with E-state index in [9.17, 15) is 10.2 Å². The van der Waals surface area contributed by atoms with Gasteiger partial charge in [-0.3, -0.25) is 0 Å². The van der Waals surface area contributed by atoms with Gasteiger partial charge in [-0.1, -0.05) is 30.3 Å². The maximum Gasteiger partial charge on any atom is 0.150 e. The van der Waals surface area contributed by atoms with E-state index >= 15 is 0 Å². The maximum absolute atomic E-state index is 9.61. The summed E-state index contributed by atoms with van der Waals surface area (Å²) in [4.78, 5) is 0. The quantitative estimate of drug-likeness (QED) is 0.702. The Labute approximate surface area is 99.8 Å². The van der Waals surface area contributed by atoms with Crippen molar-refractivity contribution in [3.8, 4) is 0 Å². The van der Waals surface area contributed by atoms with E-state index in [0.29, 0.717) is 12.2 Å². The van der Waals surface area contributed by atoms with Crippen LogP contribution in [0.3, 0.4) is 0 Å². The largest absolute Gasteiger partial charge is 0.489 e. The van der Waals surface area contributed by atoms with E-state index in [1.807, 2.05) is 30.3 Å². The highest BCUT2D eigenvalue weighted by Crippen LogP contribution is 2.21. The summed E-state index contributed by atoms with van der Waals surface area (Å²) in [7, 11) is 0. The van der Waals surface area contributed by atoms with Crippen LogP contribution in [0.1, 0.15) is 5.56 Å². The van der Waals surface area contributed by atoms with Crippen LogP contribution in [0.4, 0.5) is 0 Å². The molecule has 1 aromatic rings. The molecule has 1 aromatic carbocycles. The van der Waals surface area contributed by atoms with Gasteiger partial charge in [0, 0.05) is 6.42 Å². The molecule has 1 aliphatic heterocycles. The molecule has 0 amide bonds. The summed E-state index contributed by atoms with van der Waals surface area (Å²) in [6, 6.07) is 9.68. The minimum atomic E-state index is -1.07. The second-order valence-electron chi connectivity index (χ2n) is 4.12. The van der Waals surface area contributed by atoms with Gasteiger partial charge < -0.3 is 20.1 Å². The fourth-order valence-corrected chi connectivity index (χ4v) is 1.86. The Morgan fingerprint density at radius 1 is 1.12 bits per heavy atom. The number of aliphatic hydroxyl groups is 3. The standard InChI is InChI=1S/C13H16O4/c14-8-12-13(16)11(15)7-10(17-12)6-9-4-2-1-3-5-9/h1-5,7,11-16H,6,8H2/t11-,12-,13-/m1/s1. The predicted molar refractivity (Wildman–Crippen MR) is 62.2 cm³/mol. The van der Waals surface area contributed by atoms with Gasteiger partial charge in [-0.2, -0.15) is 0 Å². The zero-order chi connectivity index (χ0) is 12.3. The summed E-state index contributed by atoms with van der Waals surface area (Å²) in [6.45, 7) is -0.315. The van der Waals surface area contributed by atoms with Crippen LogP contribution in [-0.2, 0) is 11.2 Å². The summed E-state index contributed by atoms with van der Waals surface area (Å²) < 4.78 is 5.42. The number of ether oxygens (including phenoxy) is 1. The highest BCUT2D eigenvalue weighted by Gasteiger charge is 2.31. The fourth-order valence-electron chi connectivity index (χ4n) is 1.86. The SMILES string of the molecule is OC[C@H]1OC(Cc2ccccc2)=C[C@@H](O)[C@H]1O. The van der Waals surface area contributed by atoms with Gasteiger partial charge >= 0.3 is 0 Å². The first kappa shape index (κ1) is 12.1. The van der Waals surface area contributed by atoms with Crippen LogP contribution in [0.2, 0.25) is 0 Å². The van der Waals surface area contributed by atoms with Crippen molar-refractivity contribution in [2.24, 2.45) is 0 Å². The normalized spacial score (nSPS) is 28.4. The highest BCUT2D eigenvalue weighted by molar-refractivity contribution is 5.21. The fraction of sp³-hybridized carbons (Fsp3) is 0.385. The Balaban J connectivity index is 2.09. The number of benzene rings is 1. The zero-order valence-electron chi connectivity index (χ0n) is 9.36. The van der Waals surface area contributed by atoms with Crippen molar-refractivity contribution >= 4 is 0 Å². The lowest BCUT2D eigenvalue weighted by Gasteiger charge is -2.31. The Hall–Kier alpha value is -1.36. The van der Waals surface area contributed by atoms with Gasteiger partial charge in [-0.05, 0) is 11.6 Å². The van der Waals surface area contributed by atoms with E-state index in [0.717, 1.165) is 5.56 Å². The van der Waals surface area contributed by atoms with Crippen molar-refractivity contribution in [2.75, 3.05) is 6.61 Å². The monoisotopic (exact) mass is 236 g/mol. The Morgan fingerprint density at radius 2 is 1.82 bits per heavy atom. The first-order valence-electron chi connectivity index (χ1n) is 5.59. The van der Waals surface area contributed by atoms with E-state index in [-0.39, 0.29) is 6.61 Å². The number of hydrogen-bond donors (Lipinski definition) is 3. The lowest BCUT2D eigenvalue weighted by molar-refractivity contribution is -0.0918. The molecule has 4 heteroatoms. The van der Waals surface area contributed by atoms with Gasteiger partial charge in [0.1, 0.15) is 18.3 Å². The Morgan fingerprint density at radius 3 is 2.47 bits per heavy atom. The van der Waals surface area contributed by atoms with Crippen LogP contribution >= 0.6 is 0 Å². The molecule has 17 heavy (non-hydrogen) atoms. The minimum Gasteiger partial charge on any atom is -0.489 e. The maximum atomic E-state index is 9.61. The van der Waals surface area contributed by atoms with Crippen LogP contribution < -0.4 is 0 Å². The molecule has 0 unspecified atom stereocenters. The number of rotatable bonds is 3. The summed E-state index contributed by atoms with van der Waals surface area (Å²) in [5.74, 6) is 0.577. The predicted octanol–water partition coefficient (Wildman–Crippen LogP) is 0.226. The van der Waals surface area contributed by atoms with E-state index in [1.54, 1.807) is 0 Å². The highest BCUT2D eigenvalue weighted by atomic mass is 16.5. The first-order valence-corrected chi connectivity index (χ1v) is 5.59. The smallest absolute Gasteiger partial charge is 0.150 e. The van der Waals surface area contributed by atoms with E-state index in [4.69, 9.17) is 9.84 Å². The number of allylic oxidation sites excluding steroid dienone is 1. The van der Waals surface area contributed by atoms with Crippen LogP contribution in [0.25, 0.3) is 0 Å². The number of hydrogen-bond acceptors (Lipinski definition) is 4. The summed E-state index contributed by atoms with van der Waals surface area (Å²) in [5.41, 5.74) is 1.05. The lowest BCUT2D eigenvalue weighted by atomic mass is 10.0. The second-order valence-corrected chi connectivity index (χ2v) is 4.12. The molecule has 3 N–H and O–H groups in total. The third kappa shape index (κ3) is 2.85. The molecule has 0 spiro atoms. The van der Waals surface area contributed by atoms with Crippen LogP contribution in [0, 0.1) is 0 Å². The summed E-state index contributed by atoms with van der Waals surface area (Å²) >= 11 is 0. The molecule has 1 aliphatic rings. The number of aliphatic hydroxyl groups excluding tert-OH is 3. The lowest BCUT2D eigenvalue weighted by Crippen LogP contribution is -2.43. The molecule has 1 heterocycles. The van der Waals surface area contributed by atoms with Gasteiger partial charge in [0.2, 0.25) is 0 Å². The Kier molecular flexibility index (Phi) is 3.78. The summed E-state index contributed by atoms with van der Waals surface area (Å²) in [6.07, 6.45) is -0.779. The molecule has 0 aliphatic carbocycles. The van der Waals surface area contributed by atoms with Gasteiger partial charge in [0.05, 0.1) is 12.4 Å². The second kappa shape index (κ2) is 5.31. The molecule has 2 rings (SSSR count). The van der Waals surface area contributed by atoms with Crippen LogP contribution in [-0.4, -0.2) is 40.2 Å². The average Bonchev–Trinajstić information content (AvgIpc) is 2.35. The van der Waals surface area contributed by atoms with E-state index in [1.165, 1.54) is 6.08 Å². The third-order valence-corrected chi connectivity index (χ3v) is 2.79. The van der Waals surface area contributed by atoms with Gasteiger partial charge in [-0.15, -0.1) is 0 Å². The van der Waals surface area contributed by atoms with Crippen molar-refractivity contribution in [3.05, 3.63) is 47.7 Å². The van der Waals surface area contributed by atoms with E-state index < -0.39 is 18.3 Å². The molecule has 0 fully saturated rings. The molecule has 0 aromatic heterocycles. The third-order valence-electron chi connectivity index (χ3n) is 2.79. The van der Waals surface area contributed by atoms with Crippen LogP contribution in [0.15, 0.2) is 42.2 Å².